The lowest BCUT2D eigenvalue weighted by atomic mass is 10.2. The van der Waals surface area contributed by atoms with Crippen molar-refractivity contribution in [3.05, 3.63) is 108 Å². The first-order chi connectivity index (χ1) is 31.4. The number of anilines is 1. The van der Waals surface area contributed by atoms with Crippen LogP contribution in [0, 0.1) is 24.2 Å². The number of hydrogen-bond acceptors (Lipinski definition) is 18. The zero-order valence-electron chi connectivity index (χ0n) is 35.1. The van der Waals surface area contributed by atoms with Crippen LogP contribution >= 0.6 is 38.8 Å². The topological polar surface area (TPSA) is 300 Å². The number of H-pyrrole nitrogens is 2. The molecule has 0 spiro atoms. The van der Waals surface area contributed by atoms with Gasteiger partial charge in [0.15, 0.2) is 11.2 Å². The monoisotopic (exact) mass is 994 g/mol. The Morgan fingerprint density at radius 1 is 0.909 bits per heavy atom. The smallest absolute Gasteiger partial charge is 0.404 e. The maximum absolute atomic E-state index is 14.9. The third-order valence-electron chi connectivity index (χ3n) is 9.96. The Kier molecular flexibility index (Phi) is 15.3. The summed E-state index contributed by atoms with van der Waals surface area (Å²) in [4.78, 5) is 63.8. The van der Waals surface area contributed by atoms with Crippen LogP contribution in [0.1, 0.15) is 51.1 Å². The van der Waals surface area contributed by atoms with Crippen LogP contribution in [0.5, 0.6) is 11.5 Å². The Hall–Kier alpha value is -5.21. The number of halogens is 2. The van der Waals surface area contributed by atoms with Crippen LogP contribution in [0.3, 0.4) is 0 Å². The summed E-state index contributed by atoms with van der Waals surface area (Å²) in [6.45, 7) is 3.02. The normalized spacial score (nSPS) is 22.5. The maximum Gasteiger partial charge on any atom is 0.530 e. The molecule has 7 rings (SSSR count). The summed E-state index contributed by atoms with van der Waals surface area (Å²) in [5.41, 5.74) is -2.07. The van der Waals surface area contributed by atoms with Gasteiger partial charge in [-0.05, 0) is 55.5 Å². The molecule has 4 N–H and O–H groups in total. The molecule has 2 fully saturated rings. The van der Waals surface area contributed by atoms with Gasteiger partial charge < -0.3 is 23.6 Å². The third kappa shape index (κ3) is 11.7. The summed E-state index contributed by atoms with van der Waals surface area (Å²) in [5.74, 6) is -0.997. The Balaban J connectivity index is 1.18. The number of carbonyl (C=O) groups excluding carboxylic acids is 1. The highest BCUT2D eigenvalue weighted by molar-refractivity contribution is 7.49. The first-order valence-electron chi connectivity index (χ1n) is 20.1. The number of ether oxygens (including phenoxy) is 2. The minimum Gasteiger partial charge on any atom is -0.404 e. The molecule has 0 saturated carbocycles. The predicted octanol–water partition coefficient (Wildman–Crippen LogP) is 5.54. The van der Waals surface area contributed by atoms with Crippen LogP contribution in [-0.2, 0) is 41.5 Å². The summed E-state index contributed by atoms with van der Waals surface area (Å²) in [6.07, 6.45) is -5.46. The molecule has 5 aromatic rings. The van der Waals surface area contributed by atoms with Crippen molar-refractivity contribution in [1.29, 1.82) is 5.26 Å². The van der Waals surface area contributed by atoms with E-state index in [2.05, 4.69) is 25.3 Å². The number of nitrogens with one attached hydrogen (secondary N) is 3. The van der Waals surface area contributed by atoms with Crippen molar-refractivity contribution >= 4 is 61.9 Å². The second-order valence-corrected chi connectivity index (χ2v) is 19.0. The largest absolute Gasteiger partial charge is 0.530 e. The Labute approximate surface area is 384 Å². The first kappa shape index (κ1) is 48.7. The number of aromatic amines is 2. The minimum absolute atomic E-state index is 0.0155. The Morgan fingerprint density at radius 2 is 1.48 bits per heavy atom. The Morgan fingerprint density at radius 3 is 2.08 bits per heavy atom. The maximum atomic E-state index is 14.9. The number of amides is 1. The fraction of sp³-hybridized carbons (Fsp3) is 0.410. The van der Waals surface area contributed by atoms with Gasteiger partial charge in [0.2, 0.25) is 11.9 Å². The van der Waals surface area contributed by atoms with Crippen molar-refractivity contribution in [2.24, 2.45) is 5.92 Å². The van der Waals surface area contributed by atoms with Crippen molar-refractivity contribution in [3.8, 4) is 17.6 Å². The molecule has 23 nitrogen and oxygen atoms in total. The number of imidazole rings is 1. The van der Waals surface area contributed by atoms with E-state index in [9.17, 15) is 38.7 Å². The highest BCUT2D eigenvalue weighted by Crippen LogP contribution is 2.56. The number of phosphoric ester groups is 2. The minimum atomic E-state index is -4.88. The molecular weight excluding hydrogens is 953 g/mol. The van der Waals surface area contributed by atoms with E-state index in [0.717, 1.165) is 4.57 Å². The number of aliphatic hydroxyl groups is 1. The number of carbonyl (C=O) groups is 1. The summed E-state index contributed by atoms with van der Waals surface area (Å²) >= 11 is 12.1. The van der Waals surface area contributed by atoms with E-state index >= 15 is 0 Å². The van der Waals surface area contributed by atoms with Crippen molar-refractivity contribution < 1.29 is 55.6 Å². The second-order valence-electron chi connectivity index (χ2n) is 15.1. The highest BCUT2D eigenvalue weighted by atomic mass is 35.5. The summed E-state index contributed by atoms with van der Waals surface area (Å²) in [5, 5.41) is 22.8. The molecule has 0 radical (unpaired) electrons. The molecule has 2 aromatic carbocycles. The average molecular weight is 996 g/mol. The first-order valence-corrected chi connectivity index (χ1v) is 23.8. The van der Waals surface area contributed by atoms with Gasteiger partial charge in [0.1, 0.15) is 48.4 Å². The quantitative estimate of drug-likeness (QED) is 0.0583. The fourth-order valence-corrected chi connectivity index (χ4v) is 9.72. The molecule has 2 aliphatic rings. The third-order valence-corrected chi connectivity index (χ3v) is 13.4. The number of fused-ring (bicyclic) bond motifs is 1. The molecule has 2 aliphatic heterocycles. The molecule has 66 heavy (non-hydrogen) atoms. The molecule has 0 bridgehead atoms. The number of hydrogen-bond donors (Lipinski definition) is 4. The van der Waals surface area contributed by atoms with Crippen LogP contribution in [0.2, 0.25) is 10.0 Å². The summed E-state index contributed by atoms with van der Waals surface area (Å²) in [7, 11) is -9.55. The predicted molar refractivity (Wildman–Crippen MR) is 233 cm³/mol. The molecule has 27 heteroatoms. The van der Waals surface area contributed by atoms with Gasteiger partial charge in [-0.1, -0.05) is 37.0 Å². The lowest BCUT2D eigenvalue weighted by molar-refractivity contribution is -0.118. The SMILES string of the molecule is Cc1cn([C@@H]2C[C@H](O[P@](=O)(OCCC#N)Oc3ccc(Cl)cc3)[C@H](CO[P@](=O)(Oc3ccc(Cl)cc3)O[C@@H]3C[C@H](n4cnc5c(=O)[nH]c(NC(=O)C(C)C)nc54)O[C@H]3CO)O2)c(=O)[nH]c1=O. The zero-order chi connectivity index (χ0) is 47.3. The summed E-state index contributed by atoms with van der Waals surface area (Å²) < 4.78 is 79.1. The fourth-order valence-electron chi connectivity index (χ4n) is 6.64. The lowest BCUT2D eigenvalue weighted by Gasteiger charge is -2.27. The molecule has 1 amide bonds. The van der Waals surface area contributed by atoms with Gasteiger partial charge in [-0.15, -0.1) is 0 Å². The van der Waals surface area contributed by atoms with Gasteiger partial charge in [0.05, 0.1) is 38.6 Å². The van der Waals surface area contributed by atoms with Crippen molar-refractivity contribution in [3.63, 3.8) is 0 Å². The number of aryl methyl sites for hydroxylation is 1. The summed E-state index contributed by atoms with van der Waals surface area (Å²) in [6, 6.07) is 13.3. The van der Waals surface area contributed by atoms with Crippen molar-refractivity contribution in [2.45, 2.75) is 76.9 Å². The molecule has 0 unspecified atom stereocenters. The van der Waals surface area contributed by atoms with Crippen LogP contribution < -0.4 is 31.2 Å². The van der Waals surface area contributed by atoms with E-state index in [1.54, 1.807) is 13.8 Å². The highest BCUT2D eigenvalue weighted by Gasteiger charge is 2.48. The van der Waals surface area contributed by atoms with Crippen LogP contribution in [0.4, 0.5) is 5.95 Å². The van der Waals surface area contributed by atoms with E-state index in [4.69, 9.17) is 59.8 Å². The number of rotatable bonds is 19. The van der Waals surface area contributed by atoms with Gasteiger partial charge >= 0.3 is 21.3 Å². The van der Waals surface area contributed by atoms with Crippen LogP contribution in [0.25, 0.3) is 11.2 Å². The molecule has 352 valence electrons. The number of nitriles is 1. The van der Waals surface area contributed by atoms with E-state index in [-0.39, 0.29) is 60.0 Å². The molecule has 5 heterocycles. The molecule has 3 aromatic heterocycles. The average Bonchev–Trinajstić information content (AvgIpc) is 4.00. The van der Waals surface area contributed by atoms with Crippen molar-refractivity contribution in [2.75, 3.05) is 25.1 Å². The second kappa shape index (κ2) is 20.8. The lowest BCUT2D eigenvalue weighted by Crippen LogP contribution is -2.33. The number of benzene rings is 2. The van der Waals surface area contributed by atoms with Gasteiger partial charge in [-0.25, -0.2) is 18.9 Å². The standard InChI is InChI=1S/C39H42Cl2N8O15P2/c1-21(2)35(51)45-38-44-34-33(37(53)46-38)43-20-49(34)32-15-27(29(18-50)59-32)63-66(56,62-26-11-7-24(41)8-12-26)58-19-30-28(16-31(60-30)48-17-22(3)36(52)47-39(48)54)64-65(55,57-14-4-13-42)61-25-9-5-23(40)6-10-25/h5-12,17,20-21,27-32,50H,4,14-16,18-19H2,1-3H3,(H,47,52,54)(H2,44,45,46,51,53)/t27-,28+,29+,30+,31+,32-,65-,66-/m1/s1. The number of aliphatic hydroxyl groups excluding tert-OH is 1. The van der Waals surface area contributed by atoms with Gasteiger partial charge in [-0.3, -0.25) is 56.9 Å². The van der Waals surface area contributed by atoms with E-state index in [1.165, 1.54) is 72.5 Å². The Bertz CT molecular complexity index is 2870. The molecule has 2 saturated heterocycles. The molecular formula is C39H42Cl2N8O15P2. The number of phosphoric acid groups is 2. The number of aromatic nitrogens is 6. The van der Waals surface area contributed by atoms with E-state index < -0.39 is 94.4 Å². The van der Waals surface area contributed by atoms with Crippen LogP contribution in [0.15, 0.2) is 75.4 Å². The molecule has 8 atom stereocenters. The van der Waals surface area contributed by atoms with Gasteiger partial charge in [-0.2, -0.15) is 10.2 Å². The van der Waals surface area contributed by atoms with Gasteiger partial charge in [0, 0.05) is 40.6 Å². The zero-order valence-corrected chi connectivity index (χ0v) is 38.4. The molecule has 0 aliphatic carbocycles. The van der Waals surface area contributed by atoms with E-state index in [0.29, 0.717) is 10.0 Å². The van der Waals surface area contributed by atoms with Crippen LogP contribution in [-0.4, -0.2) is 84.3 Å². The van der Waals surface area contributed by atoms with E-state index in [1.807, 2.05) is 6.07 Å². The van der Waals surface area contributed by atoms with Gasteiger partial charge in [0.25, 0.3) is 11.1 Å². The van der Waals surface area contributed by atoms with Crippen molar-refractivity contribution in [1.82, 2.24) is 29.1 Å². The number of nitrogens with zero attached hydrogens (tertiary/aromatic N) is 5.